The molecule has 0 bridgehead atoms. The van der Waals surface area contributed by atoms with E-state index >= 15 is 0 Å². The molecule has 258 valence electrons. The Hall–Kier alpha value is -4.72. The predicted octanol–water partition coefficient (Wildman–Crippen LogP) is 7.98. The summed E-state index contributed by atoms with van der Waals surface area (Å²) >= 11 is 0. The molecule has 0 N–H and O–H groups in total. The highest BCUT2D eigenvalue weighted by atomic mass is 16.5. The molecular formula is C41H47NO7. The average molecular weight is 666 g/mol. The second-order valence-electron chi connectivity index (χ2n) is 13.1. The molecule has 6 rings (SSSR count). The van der Waals surface area contributed by atoms with Gasteiger partial charge < -0.3 is 28.6 Å². The van der Waals surface area contributed by atoms with E-state index in [0.717, 1.165) is 35.1 Å². The molecule has 1 saturated carbocycles. The maximum atomic E-state index is 14.6. The Bertz CT molecular complexity index is 1700. The Balaban J connectivity index is 1.46. The number of ether oxygens (including phenoxy) is 5. The molecule has 0 spiro atoms. The minimum atomic E-state index is -0.635. The number of allylic oxidation sites excluding steroid dienone is 2. The fourth-order valence-electron chi connectivity index (χ4n) is 7.79. The topological polar surface area (TPSA) is 83.5 Å². The van der Waals surface area contributed by atoms with Crippen LogP contribution >= 0.6 is 0 Å². The Morgan fingerprint density at radius 1 is 0.694 bits per heavy atom. The number of amides is 1. The SMILES string of the molecule is COc1cc2c(cc1OC)[C@@H](c1cc(OC)c(OC)c(OC)c1)[C@H](C(=O)N1CCCC1)C(/C=C/C(=O)c1ccc(C3CCCCC3)cc1)=C2. The summed E-state index contributed by atoms with van der Waals surface area (Å²) in [6.45, 7) is 1.39. The van der Waals surface area contributed by atoms with Crippen molar-refractivity contribution in [1.29, 1.82) is 0 Å². The minimum Gasteiger partial charge on any atom is -0.493 e. The van der Waals surface area contributed by atoms with Crippen LogP contribution in [0.15, 0.2) is 66.3 Å². The van der Waals surface area contributed by atoms with Crippen molar-refractivity contribution in [3.8, 4) is 28.7 Å². The van der Waals surface area contributed by atoms with Gasteiger partial charge in [-0.25, -0.2) is 0 Å². The minimum absolute atomic E-state index is 0.0110. The molecule has 2 fully saturated rings. The molecule has 3 aromatic carbocycles. The van der Waals surface area contributed by atoms with Gasteiger partial charge in [0.1, 0.15) is 0 Å². The Labute approximate surface area is 289 Å². The van der Waals surface area contributed by atoms with Crippen molar-refractivity contribution in [2.75, 3.05) is 48.6 Å². The molecule has 1 aliphatic heterocycles. The molecule has 1 amide bonds. The second kappa shape index (κ2) is 15.2. The first kappa shape index (κ1) is 34.2. The monoisotopic (exact) mass is 665 g/mol. The second-order valence-corrected chi connectivity index (χ2v) is 13.1. The molecule has 0 unspecified atom stereocenters. The summed E-state index contributed by atoms with van der Waals surface area (Å²) < 4.78 is 28.6. The molecule has 2 atom stereocenters. The van der Waals surface area contributed by atoms with Crippen LogP contribution in [0.1, 0.15) is 89.4 Å². The van der Waals surface area contributed by atoms with Gasteiger partial charge in [-0.05, 0) is 89.8 Å². The summed E-state index contributed by atoms with van der Waals surface area (Å²) in [7, 11) is 7.94. The molecule has 0 radical (unpaired) electrons. The molecule has 8 nitrogen and oxygen atoms in total. The maximum absolute atomic E-state index is 14.6. The molecule has 49 heavy (non-hydrogen) atoms. The van der Waals surface area contributed by atoms with Crippen LogP contribution in [-0.4, -0.2) is 65.2 Å². The van der Waals surface area contributed by atoms with E-state index in [0.29, 0.717) is 53.3 Å². The number of hydrogen-bond donors (Lipinski definition) is 0. The zero-order chi connectivity index (χ0) is 34.5. The number of likely N-dealkylation sites (tertiary alicyclic amines) is 1. The molecule has 3 aromatic rings. The van der Waals surface area contributed by atoms with Gasteiger partial charge in [-0.15, -0.1) is 0 Å². The zero-order valence-corrected chi connectivity index (χ0v) is 29.3. The lowest BCUT2D eigenvalue weighted by Crippen LogP contribution is -2.39. The van der Waals surface area contributed by atoms with E-state index in [9.17, 15) is 9.59 Å². The van der Waals surface area contributed by atoms with E-state index in [4.69, 9.17) is 23.7 Å². The van der Waals surface area contributed by atoms with Crippen LogP contribution in [0.25, 0.3) is 6.08 Å². The normalized spacial score (nSPS) is 19.3. The highest BCUT2D eigenvalue weighted by Gasteiger charge is 2.41. The summed E-state index contributed by atoms with van der Waals surface area (Å²) in [5, 5.41) is 0. The first-order valence-corrected chi connectivity index (χ1v) is 17.3. The third-order valence-electron chi connectivity index (χ3n) is 10.4. The summed E-state index contributed by atoms with van der Waals surface area (Å²) in [6.07, 6.45) is 13.6. The van der Waals surface area contributed by atoms with Gasteiger partial charge in [0, 0.05) is 24.6 Å². The highest BCUT2D eigenvalue weighted by molar-refractivity contribution is 6.05. The highest BCUT2D eigenvalue weighted by Crippen LogP contribution is 2.50. The fraction of sp³-hybridized carbons (Fsp3) is 0.415. The number of fused-ring (bicyclic) bond motifs is 1. The van der Waals surface area contributed by atoms with Crippen molar-refractivity contribution < 1.29 is 33.3 Å². The van der Waals surface area contributed by atoms with Gasteiger partial charge in [0.2, 0.25) is 11.7 Å². The number of nitrogens with zero attached hydrogens (tertiary/aromatic N) is 1. The van der Waals surface area contributed by atoms with Crippen LogP contribution in [0.2, 0.25) is 0 Å². The van der Waals surface area contributed by atoms with E-state index in [2.05, 4.69) is 12.1 Å². The first-order chi connectivity index (χ1) is 23.9. The number of hydrogen-bond acceptors (Lipinski definition) is 7. The number of ketones is 1. The lowest BCUT2D eigenvalue weighted by atomic mass is 9.70. The summed E-state index contributed by atoms with van der Waals surface area (Å²) in [4.78, 5) is 30.2. The van der Waals surface area contributed by atoms with E-state index in [1.807, 2.05) is 53.5 Å². The lowest BCUT2D eigenvalue weighted by Gasteiger charge is -2.36. The average Bonchev–Trinajstić information content (AvgIpc) is 3.70. The summed E-state index contributed by atoms with van der Waals surface area (Å²) in [5.41, 5.74) is 5.24. The lowest BCUT2D eigenvalue weighted by molar-refractivity contribution is -0.133. The molecule has 3 aliphatic rings. The fourth-order valence-corrected chi connectivity index (χ4v) is 7.79. The van der Waals surface area contributed by atoms with Gasteiger partial charge in [0.15, 0.2) is 28.8 Å². The maximum Gasteiger partial charge on any atom is 0.231 e. The third kappa shape index (κ3) is 6.91. The molecule has 0 aromatic heterocycles. The Morgan fingerprint density at radius 2 is 1.31 bits per heavy atom. The van der Waals surface area contributed by atoms with Crippen molar-refractivity contribution in [1.82, 2.24) is 4.90 Å². The van der Waals surface area contributed by atoms with E-state index < -0.39 is 11.8 Å². The number of carbonyl (C=O) groups is 2. The number of methoxy groups -OCH3 is 5. The number of rotatable bonds is 11. The van der Waals surface area contributed by atoms with E-state index in [1.54, 1.807) is 41.6 Å². The van der Waals surface area contributed by atoms with Gasteiger partial charge in [-0.1, -0.05) is 55.7 Å². The van der Waals surface area contributed by atoms with Crippen molar-refractivity contribution in [2.24, 2.45) is 5.92 Å². The molecular weight excluding hydrogens is 618 g/mol. The third-order valence-corrected chi connectivity index (χ3v) is 10.4. The van der Waals surface area contributed by atoms with Gasteiger partial charge in [0.05, 0.1) is 41.5 Å². The van der Waals surface area contributed by atoms with Crippen molar-refractivity contribution in [3.05, 3.63) is 94.1 Å². The van der Waals surface area contributed by atoms with Gasteiger partial charge in [-0.3, -0.25) is 9.59 Å². The van der Waals surface area contributed by atoms with Crippen molar-refractivity contribution >= 4 is 17.8 Å². The van der Waals surface area contributed by atoms with Crippen LogP contribution < -0.4 is 23.7 Å². The molecule has 1 heterocycles. The van der Waals surface area contributed by atoms with E-state index in [1.165, 1.54) is 37.7 Å². The summed E-state index contributed by atoms with van der Waals surface area (Å²) in [5.74, 6) is 1.96. The van der Waals surface area contributed by atoms with Crippen molar-refractivity contribution in [2.45, 2.75) is 56.8 Å². The molecule has 1 saturated heterocycles. The quantitative estimate of drug-likeness (QED) is 0.152. The van der Waals surface area contributed by atoms with Gasteiger partial charge in [0.25, 0.3) is 0 Å². The van der Waals surface area contributed by atoms with Crippen LogP contribution in [0.4, 0.5) is 0 Å². The van der Waals surface area contributed by atoms with Crippen LogP contribution in [-0.2, 0) is 4.79 Å². The molecule has 8 heteroatoms. The Kier molecular flexibility index (Phi) is 10.6. The van der Waals surface area contributed by atoms with Crippen molar-refractivity contribution in [3.63, 3.8) is 0 Å². The number of benzene rings is 3. The summed E-state index contributed by atoms with van der Waals surface area (Å²) in [6, 6.07) is 15.8. The van der Waals surface area contributed by atoms with Gasteiger partial charge >= 0.3 is 0 Å². The van der Waals surface area contributed by atoms with Crippen LogP contribution in [0, 0.1) is 5.92 Å². The standard InChI is InChI=1S/C41H47NO7/c1-45-34-22-30-21-29(17-18-33(43)28-15-13-27(14-16-28)26-11-7-6-8-12-26)39(41(44)42-19-9-10-20-42)38(32(30)25-35(34)46-2)31-23-36(47-3)40(49-5)37(24-31)48-4/h13-18,21-26,38-39H,6-12,19-20H2,1-5H3/b18-17+/t38-,39-/m1/s1. The van der Waals surface area contributed by atoms with Gasteiger partial charge in [-0.2, -0.15) is 0 Å². The van der Waals surface area contributed by atoms with Crippen LogP contribution in [0.5, 0.6) is 28.7 Å². The zero-order valence-electron chi connectivity index (χ0n) is 29.3. The van der Waals surface area contributed by atoms with E-state index in [-0.39, 0.29) is 11.7 Å². The molecule has 2 aliphatic carbocycles. The van der Waals surface area contributed by atoms with Crippen LogP contribution in [0.3, 0.4) is 0 Å². The Morgan fingerprint density at radius 3 is 1.90 bits per heavy atom. The number of carbonyl (C=O) groups excluding carboxylic acids is 2. The first-order valence-electron chi connectivity index (χ1n) is 17.3. The largest absolute Gasteiger partial charge is 0.493 e. The predicted molar refractivity (Wildman–Crippen MR) is 191 cm³/mol. The smallest absolute Gasteiger partial charge is 0.231 e.